The highest BCUT2D eigenvalue weighted by atomic mass is 32.2. The molecule has 3 heterocycles. The Bertz CT molecular complexity index is 1240. The summed E-state index contributed by atoms with van der Waals surface area (Å²) in [5.74, 6) is 0.357. The number of nitrogens with zero attached hydrogens (tertiary/aromatic N) is 3. The van der Waals surface area contributed by atoms with Crippen molar-refractivity contribution in [3.05, 3.63) is 84.7 Å². The molecule has 0 fully saturated rings. The van der Waals surface area contributed by atoms with Crippen LogP contribution in [0.1, 0.15) is 5.56 Å². The Morgan fingerprint density at radius 1 is 0.963 bits per heavy atom. The molecule has 1 unspecified atom stereocenters. The van der Waals surface area contributed by atoms with E-state index in [4.69, 9.17) is 0 Å². The van der Waals surface area contributed by atoms with E-state index < -0.39 is 10.8 Å². The number of hydrogen-bond acceptors (Lipinski definition) is 3. The Balaban J connectivity index is 1.52. The number of nitrogens with one attached hydrogen (secondary N) is 1. The van der Waals surface area contributed by atoms with Crippen molar-refractivity contribution in [2.45, 2.75) is 10.9 Å². The van der Waals surface area contributed by atoms with E-state index in [2.05, 4.69) is 27.1 Å². The van der Waals surface area contributed by atoms with Crippen LogP contribution < -0.4 is 0 Å². The molecule has 1 atom stereocenters. The standard InChI is InChI=1S/C21H16N4OS/c26-27(21-23-17-10-4-5-11-18(17)24-21)14-16-9-6-12-25-19(13-22-20(16)25)15-7-2-1-3-8-15/h1-13H,14H2,(H,23,24). The number of fused-ring (bicyclic) bond motifs is 2. The Kier molecular flexibility index (Phi) is 3.83. The second-order valence-corrected chi connectivity index (χ2v) is 7.65. The predicted molar refractivity (Wildman–Crippen MR) is 107 cm³/mol. The van der Waals surface area contributed by atoms with Crippen LogP contribution in [0.2, 0.25) is 0 Å². The smallest absolute Gasteiger partial charge is 0.197 e. The van der Waals surface area contributed by atoms with E-state index in [0.29, 0.717) is 10.9 Å². The van der Waals surface area contributed by atoms with Gasteiger partial charge in [-0.3, -0.25) is 8.61 Å². The Morgan fingerprint density at radius 3 is 2.63 bits per heavy atom. The van der Waals surface area contributed by atoms with E-state index in [-0.39, 0.29) is 0 Å². The van der Waals surface area contributed by atoms with Gasteiger partial charge in [0.1, 0.15) is 5.65 Å². The van der Waals surface area contributed by atoms with Gasteiger partial charge in [0.05, 0.1) is 39.5 Å². The molecule has 6 heteroatoms. The number of hydrogen-bond donors (Lipinski definition) is 1. The molecule has 1 N–H and O–H groups in total. The van der Waals surface area contributed by atoms with Crippen molar-refractivity contribution in [3.63, 3.8) is 0 Å². The quantitative estimate of drug-likeness (QED) is 0.515. The van der Waals surface area contributed by atoms with Crippen LogP contribution in [-0.4, -0.2) is 23.6 Å². The van der Waals surface area contributed by atoms with Gasteiger partial charge in [0, 0.05) is 17.3 Å². The third-order valence-electron chi connectivity index (χ3n) is 4.56. The van der Waals surface area contributed by atoms with Gasteiger partial charge in [-0.15, -0.1) is 0 Å². The topological polar surface area (TPSA) is 63.1 Å². The zero-order chi connectivity index (χ0) is 18.2. The zero-order valence-electron chi connectivity index (χ0n) is 14.4. The first-order chi connectivity index (χ1) is 13.3. The van der Waals surface area contributed by atoms with Crippen molar-refractivity contribution in [1.82, 2.24) is 19.4 Å². The number of imidazole rings is 2. The Hall–Kier alpha value is -3.25. The molecule has 27 heavy (non-hydrogen) atoms. The number of pyridine rings is 1. The average molecular weight is 372 g/mol. The number of rotatable bonds is 4. The second-order valence-electron chi connectivity index (χ2n) is 6.29. The molecule has 5 aromatic rings. The van der Waals surface area contributed by atoms with Crippen molar-refractivity contribution >= 4 is 27.5 Å². The summed E-state index contributed by atoms with van der Waals surface area (Å²) in [7, 11) is -1.28. The predicted octanol–water partition coefficient (Wildman–Crippen LogP) is 4.19. The van der Waals surface area contributed by atoms with Crippen molar-refractivity contribution < 1.29 is 4.21 Å². The van der Waals surface area contributed by atoms with Gasteiger partial charge in [-0.2, -0.15) is 0 Å². The summed E-state index contributed by atoms with van der Waals surface area (Å²) < 4.78 is 14.9. The summed E-state index contributed by atoms with van der Waals surface area (Å²) in [4.78, 5) is 12.2. The largest absolute Gasteiger partial charge is 0.331 e. The van der Waals surface area contributed by atoms with Crippen LogP contribution in [0.4, 0.5) is 0 Å². The maximum atomic E-state index is 12.9. The highest BCUT2D eigenvalue weighted by Crippen LogP contribution is 2.23. The molecule has 0 aliphatic rings. The second kappa shape index (κ2) is 6.48. The molecule has 2 aromatic carbocycles. The van der Waals surface area contributed by atoms with E-state index in [1.54, 1.807) is 0 Å². The average Bonchev–Trinajstić information content (AvgIpc) is 3.33. The van der Waals surface area contributed by atoms with Crippen LogP contribution in [0.5, 0.6) is 0 Å². The summed E-state index contributed by atoms with van der Waals surface area (Å²) in [6.07, 6.45) is 3.84. The van der Waals surface area contributed by atoms with Gasteiger partial charge in [0.25, 0.3) is 0 Å². The fourth-order valence-corrected chi connectivity index (χ4v) is 4.32. The molecular weight excluding hydrogens is 356 g/mol. The van der Waals surface area contributed by atoms with Crippen molar-refractivity contribution in [3.8, 4) is 11.3 Å². The molecule has 0 aliphatic carbocycles. The van der Waals surface area contributed by atoms with Crippen LogP contribution in [-0.2, 0) is 16.6 Å². The summed E-state index contributed by atoms with van der Waals surface area (Å²) in [5, 5.41) is 0.494. The fraction of sp³-hybridized carbons (Fsp3) is 0.0476. The molecule has 0 spiro atoms. The molecular formula is C21H16N4OS. The van der Waals surface area contributed by atoms with Crippen molar-refractivity contribution in [2.24, 2.45) is 0 Å². The van der Waals surface area contributed by atoms with Crippen LogP contribution in [0, 0.1) is 0 Å². The van der Waals surface area contributed by atoms with Gasteiger partial charge in [0.2, 0.25) is 0 Å². The molecule has 0 saturated carbocycles. The number of aromatic amines is 1. The third kappa shape index (κ3) is 2.84. The van der Waals surface area contributed by atoms with Crippen LogP contribution in [0.15, 0.2) is 84.3 Å². The molecule has 5 rings (SSSR count). The minimum absolute atomic E-state index is 0.357. The van der Waals surface area contributed by atoms with Gasteiger partial charge in [-0.25, -0.2) is 9.97 Å². The van der Waals surface area contributed by atoms with Gasteiger partial charge < -0.3 is 4.98 Å². The fourth-order valence-electron chi connectivity index (χ4n) is 3.25. The van der Waals surface area contributed by atoms with Crippen LogP contribution >= 0.6 is 0 Å². The van der Waals surface area contributed by atoms with Crippen molar-refractivity contribution in [2.75, 3.05) is 0 Å². The molecule has 0 saturated heterocycles. The number of benzene rings is 2. The first-order valence-corrected chi connectivity index (χ1v) is 9.95. The lowest BCUT2D eigenvalue weighted by molar-refractivity contribution is 0.677. The number of aromatic nitrogens is 4. The summed E-state index contributed by atoms with van der Waals surface area (Å²) in [5.41, 5.74) is 5.58. The van der Waals surface area contributed by atoms with E-state index in [9.17, 15) is 4.21 Å². The summed E-state index contributed by atoms with van der Waals surface area (Å²) in [6.45, 7) is 0. The third-order valence-corrected chi connectivity index (χ3v) is 5.75. The molecule has 0 amide bonds. The normalized spacial score (nSPS) is 12.6. The SMILES string of the molecule is O=S(Cc1cccn2c(-c3ccccc3)cnc12)c1nc2ccccc2[nH]1. The lowest BCUT2D eigenvalue weighted by Gasteiger charge is -2.05. The lowest BCUT2D eigenvalue weighted by Crippen LogP contribution is -2.01. The highest BCUT2D eigenvalue weighted by Gasteiger charge is 2.15. The van der Waals surface area contributed by atoms with Gasteiger partial charge in [-0.1, -0.05) is 48.5 Å². The first-order valence-electron chi connectivity index (χ1n) is 8.63. The Morgan fingerprint density at radius 2 is 1.78 bits per heavy atom. The van der Waals surface area contributed by atoms with E-state index in [0.717, 1.165) is 33.5 Å². The van der Waals surface area contributed by atoms with Crippen molar-refractivity contribution in [1.29, 1.82) is 0 Å². The molecule has 3 aromatic heterocycles. The van der Waals surface area contributed by atoms with Crippen LogP contribution in [0.3, 0.4) is 0 Å². The lowest BCUT2D eigenvalue weighted by atomic mass is 10.2. The summed E-state index contributed by atoms with van der Waals surface area (Å²) >= 11 is 0. The molecule has 0 aliphatic heterocycles. The summed E-state index contributed by atoms with van der Waals surface area (Å²) in [6, 6.07) is 21.8. The van der Waals surface area contributed by atoms with Gasteiger partial charge >= 0.3 is 0 Å². The van der Waals surface area contributed by atoms with Crippen LogP contribution in [0.25, 0.3) is 27.9 Å². The molecule has 0 bridgehead atoms. The highest BCUT2D eigenvalue weighted by molar-refractivity contribution is 7.84. The van der Waals surface area contributed by atoms with E-state index >= 15 is 0 Å². The van der Waals surface area contributed by atoms with Gasteiger partial charge in [-0.05, 0) is 18.2 Å². The molecule has 0 radical (unpaired) electrons. The monoisotopic (exact) mass is 372 g/mol. The first kappa shape index (κ1) is 16.0. The number of para-hydroxylation sites is 2. The zero-order valence-corrected chi connectivity index (χ0v) is 15.2. The minimum Gasteiger partial charge on any atom is -0.331 e. The molecule has 132 valence electrons. The molecule has 5 nitrogen and oxygen atoms in total. The number of H-pyrrole nitrogens is 1. The minimum atomic E-state index is -1.28. The maximum absolute atomic E-state index is 12.9. The maximum Gasteiger partial charge on any atom is 0.197 e. The van der Waals surface area contributed by atoms with E-state index in [1.165, 1.54) is 0 Å². The van der Waals surface area contributed by atoms with E-state index in [1.807, 2.05) is 71.4 Å². The Labute approximate surface area is 158 Å². The van der Waals surface area contributed by atoms with Gasteiger partial charge in [0.15, 0.2) is 5.16 Å².